The summed E-state index contributed by atoms with van der Waals surface area (Å²) in [5.74, 6) is 0.138. The van der Waals surface area contributed by atoms with Crippen LogP contribution in [-0.2, 0) is 4.79 Å². The minimum atomic E-state index is -0.0513. The molecule has 2 rings (SSSR count). The van der Waals surface area contributed by atoms with E-state index in [0.29, 0.717) is 6.04 Å². The van der Waals surface area contributed by atoms with Gasteiger partial charge in [0.25, 0.3) is 0 Å². The third-order valence-corrected chi connectivity index (χ3v) is 4.46. The van der Waals surface area contributed by atoms with Crippen molar-refractivity contribution >= 4 is 17.7 Å². The number of amides is 1. The van der Waals surface area contributed by atoms with Crippen molar-refractivity contribution in [3.8, 4) is 0 Å². The fraction of sp³-hybridized carbons (Fsp3) is 0.533. The molecule has 1 aliphatic heterocycles. The van der Waals surface area contributed by atoms with Gasteiger partial charge in [0.1, 0.15) is 0 Å². The Labute approximate surface area is 119 Å². The Hall–Kier alpha value is -1.00. The summed E-state index contributed by atoms with van der Waals surface area (Å²) in [6.45, 7) is 6.00. The molecule has 1 aliphatic rings. The van der Waals surface area contributed by atoms with Crippen molar-refractivity contribution in [1.82, 2.24) is 10.6 Å². The van der Waals surface area contributed by atoms with Gasteiger partial charge in [0.05, 0.1) is 5.25 Å². The van der Waals surface area contributed by atoms with Crippen molar-refractivity contribution in [2.45, 2.75) is 42.9 Å². The molecule has 0 aliphatic carbocycles. The second-order valence-electron chi connectivity index (χ2n) is 5.12. The highest BCUT2D eigenvalue weighted by Crippen LogP contribution is 2.23. The van der Waals surface area contributed by atoms with Crippen molar-refractivity contribution < 1.29 is 4.79 Å². The second-order valence-corrected chi connectivity index (χ2v) is 6.54. The number of hydrogen-bond donors (Lipinski definition) is 2. The van der Waals surface area contributed by atoms with Crippen LogP contribution in [-0.4, -0.2) is 30.3 Å². The molecule has 0 radical (unpaired) electrons. The first-order valence-corrected chi connectivity index (χ1v) is 7.77. The van der Waals surface area contributed by atoms with Crippen LogP contribution in [0.5, 0.6) is 0 Å². The molecule has 1 amide bonds. The monoisotopic (exact) mass is 278 g/mol. The van der Waals surface area contributed by atoms with E-state index >= 15 is 0 Å². The normalized spacial score (nSPS) is 20.8. The number of nitrogens with one attached hydrogen (secondary N) is 2. The zero-order chi connectivity index (χ0) is 13.7. The number of carbonyl (C=O) groups is 1. The maximum Gasteiger partial charge on any atom is 0.233 e. The van der Waals surface area contributed by atoms with Crippen LogP contribution in [0.3, 0.4) is 0 Å². The Kier molecular flexibility index (Phi) is 5.28. The summed E-state index contributed by atoms with van der Waals surface area (Å²) in [5.41, 5.74) is 1.25. The van der Waals surface area contributed by atoms with E-state index in [2.05, 4.69) is 41.8 Å². The average molecular weight is 278 g/mol. The van der Waals surface area contributed by atoms with Crippen LogP contribution in [0.2, 0.25) is 0 Å². The topological polar surface area (TPSA) is 41.1 Å². The molecule has 1 saturated heterocycles. The lowest BCUT2D eigenvalue weighted by molar-refractivity contribution is -0.121. The molecule has 1 aromatic rings. The van der Waals surface area contributed by atoms with Crippen molar-refractivity contribution in [2.24, 2.45) is 0 Å². The predicted molar refractivity (Wildman–Crippen MR) is 80.5 cm³/mol. The van der Waals surface area contributed by atoms with E-state index in [1.54, 1.807) is 11.8 Å². The molecule has 4 heteroatoms. The van der Waals surface area contributed by atoms with Gasteiger partial charge >= 0.3 is 0 Å². The summed E-state index contributed by atoms with van der Waals surface area (Å²) >= 11 is 1.62. The molecule has 1 unspecified atom stereocenters. The number of hydrogen-bond acceptors (Lipinski definition) is 3. The van der Waals surface area contributed by atoms with E-state index in [9.17, 15) is 4.79 Å². The number of carbonyl (C=O) groups excluding carboxylic acids is 1. The lowest BCUT2D eigenvalue weighted by Gasteiger charge is -2.25. The fourth-order valence-corrected chi connectivity index (χ4v) is 3.04. The molecular formula is C15H22N2OS. The van der Waals surface area contributed by atoms with Crippen LogP contribution < -0.4 is 10.6 Å². The van der Waals surface area contributed by atoms with Crippen LogP contribution in [0.1, 0.15) is 25.3 Å². The number of benzene rings is 1. The Bertz CT molecular complexity index is 413. The van der Waals surface area contributed by atoms with E-state index in [0.717, 1.165) is 30.8 Å². The van der Waals surface area contributed by atoms with Gasteiger partial charge in [-0.15, -0.1) is 11.8 Å². The highest BCUT2D eigenvalue weighted by atomic mass is 32.2. The van der Waals surface area contributed by atoms with E-state index in [1.165, 1.54) is 5.56 Å². The fourth-order valence-electron chi connectivity index (χ4n) is 2.17. The first kappa shape index (κ1) is 14.4. The van der Waals surface area contributed by atoms with E-state index < -0.39 is 0 Å². The molecule has 1 aromatic carbocycles. The maximum atomic E-state index is 12.1. The van der Waals surface area contributed by atoms with E-state index in [1.807, 2.05) is 6.92 Å². The highest BCUT2D eigenvalue weighted by molar-refractivity contribution is 8.00. The Morgan fingerprint density at radius 1 is 1.42 bits per heavy atom. The molecule has 19 heavy (non-hydrogen) atoms. The molecule has 2 atom stereocenters. The van der Waals surface area contributed by atoms with Crippen molar-refractivity contribution in [3.63, 3.8) is 0 Å². The van der Waals surface area contributed by atoms with Crippen molar-refractivity contribution in [1.29, 1.82) is 0 Å². The molecule has 1 fully saturated rings. The Morgan fingerprint density at radius 3 is 2.79 bits per heavy atom. The number of thioether (sulfide) groups is 1. The highest BCUT2D eigenvalue weighted by Gasteiger charge is 2.19. The molecule has 1 heterocycles. The number of rotatable bonds is 4. The minimum absolute atomic E-state index is 0.0513. The van der Waals surface area contributed by atoms with Gasteiger partial charge in [-0.05, 0) is 45.4 Å². The van der Waals surface area contributed by atoms with Crippen LogP contribution in [0.25, 0.3) is 0 Å². The SMILES string of the molecule is Cc1ccc(SC(C)C(=O)N[C@H]2CCCNC2)cc1. The quantitative estimate of drug-likeness (QED) is 0.831. The van der Waals surface area contributed by atoms with Gasteiger partial charge in [0.2, 0.25) is 5.91 Å². The van der Waals surface area contributed by atoms with Crippen molar-refractivity contribution in [2.75, 3.05) is 13.1 Å². The third-order valence-electron chi connectivity index (χ3n) is 3.35. The first-order chi connectivity index (χ1) is 9.15. The minimum Gasteiger partial charge on any atom is -0.351 e. The van der Waals surface area contributed by atoms with E-state index in [-0.39, 0.29) is 11.2 Å². The lowest BCUT2D eigenvalue weighted by Crippen LogP contribution is -2.47. The number of aryl methyl sites for hydroxylation is 1. The zero-order valence-corrected chi connectivity index (χ0v) is 12.4. The van der Waals surface area contributed by atoms with Crippen LogP contribution in [0.15, 0.2) is 29.2 Å². The van der Waals surface area contributed by atoms with Gasteiger partial charge in [-0.25, -0.2) is 0 Å². The molecule has 3 nitrogen and oxygen atoms in total. The zero-order valence-electron chi connectivity index (χ0n) is 11.6. The summed E-state index contributed by atoms with van der Waals surface area (Å²) in [4.78, 5) is 13.3. The average Bonchev–Trinajstić information content (AvgIpc) is 2.42. The summed E-state index contributed by atoms with van der Waals surface area (Å²) in [5, 5.41) is 6.39. The van der Waals surface area contributed by atoms with Crippen LogP contribution in [0, 0.1) is 6.92 Å². The van der Waals surface area contributed by atoms with Gasteiger partial charge in [-0.2, -0.15) is 0 Å². The van der Waals surface area contributed by atoms with E-state index in [4.69, 9.17) is 0 Å². The predicted octanol–water partition coefficient (Wildman–Crippen LogP) is 2.34. The smallest absolute Gasteiger partial charge is 0.233 e. The summed E-state index contributed by atoms with van der Waals surface area (Å²) in [6, 6.07) is 8.61. The van der Waals surface area contributed by atoms with Gasteiger partial charge in [-0.1, -0.05) is 17.7 Å². The molecule has 0 saturated carbocycles. The first-order valence-electron chi connectivity index (χ1n) is 6.89. The maximum absolute atomic E-state index is 12.1. The Morgan fingerprint density at radius 2 is 2.16 bits per heavy atom. The van der Waals surface area contributed by atoms with Gasteiger partial charge in [0.15, 0.2) is 0 Å². The molecule has 104 valence electrons. The third kappa shape index (κ3) is 4.55. The van der Waals surface area contributed by atoms with Crippen LogP contribution >= 0.6 is 11.8 Å². The van der Waals surface area contributed by atoms with Gasteiger partial charge in [-0.3, -0.25) is 4.79 Å². The summed E-state index contributed by atoms with van der Waals surface area (Å²) < 4.78 is 0. The van der Waals surface area contributed by atoms with Crippen LogP contribution in [0.4, 0.5) is 0 Å². The summed E-state index contributed by atoms with van der Waals surface area (Å²) in [7, 11) is 0. The molecule has 0 bridgehead atoms. The number of piperidine rings is 1. The Balaban J connectivity index is 1.83. The summed E-state index contributed by atoms with van der Waals surface area (Å²) in [6.07, 6.45) is 2.23. The molecular weight excluding hydrogens is 256 g/mol. The largest absolute Gasteiger partial charge is 0.351 e. The lowest BCUT2D eigenvalue weighted by atomic mass is 10.1. The second kappa shape index (κ2) is 6.96. The molecule has 0 spiro atoms. The van der Waals surface area contributed by atoms with Gasteiger partial charge < -0.3 is 10.6 Å². The molecule has 0 aromatic heterocycles. The van der Waals surface area contributed by atoms with Gasteiger partial charge in [0, 0.05) is 17.5 Å². The molecule has 2 N–H and O–H groups in total. The van der Waals surface area contributed by atoms with Crippen molar-refractivity contribution in [3.05, 3.63) is 29.8 Å². The standard InChI is InChI=1S/C15H22N2OS/c1-11-5-7-14(8-6-11)19-12(2)15(18)17-13-4-3-9-16-10-13/h5-8,12-13,16H,3-4,9-10H2,1-2H3,(H,17,18)/t12?,13-/m0/s1.